The predicted octanol–water partition coefficient (Wildman–Crippen LogP) is 1.79. The van der Waals surface area contributed by atoms with Crippen molar-refractivity contribution in [3.05, 3.63) is 35.4 Å². The van der Waals surface area contributed by atoms with Crippen molar-refractivity contribution in [2.45, 2.75) is 5.92 Å². The summed E-state index contributed by atoms with van der Waals surface area (Å²) in [6.45, 7) is 1.46. The molecule has 1 N–H and O–H groups in total. The Bertz CT molecular complexity index is 387. The Kier molecular flexibility index (Phi) is 2.65. The van der Waals surface area contributed by atoms with E-state index in [9.17, 15) is 8.78 Å². The molecule has 1 atom stereocenters. The second kappa shape index (κ2) is 3.95. The van der Waals surface area contributed by atoms with Crippen LogP contribution in [0.15, 0.2) is 18.2 Å². The van der Waals surface area contributed by atoms with Crippen LogP contribution in [0.2, 0.25) is 0 Å². The lowest BCUT2D eigenvalue weighted by molar-refractivity contribution is 0.323. The molecule has 0 bridgehead atoms. The maximum absolute atomic E-state index is 12.9. The summed E-state index contributed by atoms with van der Waals surface area (Å²) >= 11 is 0. The van der Waals surface area contributed by atoms with Crippen LogP contribution >= 0.6 is 0 Å². The number of hydrogen-bond acceptors (Lipinski definition) is 2. The summed E-state index contributed by atoms with van der Waals surface area (Å²) in [6, 6.07) is 5.38. The third-order valence-electron chi connectivity index (χ3n) is 2.67. The Balaban J connectivity index is 2.30. The quantitative estimate of drug-likeness (QED) is 0.804. The van der Waals surface area contributed by atoms with Crippen molar-refractivity contribution >= 4 is 0 Å². The van der Waals surface area contributed by atoms with Crippen LogP contribution < -0.4 is 5.32 Å². The molecule has 4 heteroatoms. The largest absolute Gasteiger partial charge is 0.316 e. The summed E-state index contributed by atoms with van der Waals surface area (Å²) in [4.78, 5) is 0. The molecule has 1 saturated heterocycles. The van der Waals surface area contributed by atoms with Crippen LogP contribution in [0.1, 0.15) is 11.5 Å². The van der Waals surface area contributed by atoms with E-state index >= 15 is 0 Å². The first-order chi connectivity index (χ1) is 7.20. The zero-order chi connectivity index (χ0) is 10.8. The SMILES string of the molecule is N#CC(c1cc(F)cc(F)c1)C1CNC1. The van der Waals surface area contributed by atoms with Gasteiger partial charge in [-0.3, -0.25) is 0 Å². The van der Waals surface area contributed by atoms with Gasteiger partial charge < -0.3 is 5.32 Å². The summed E-state index contributed by atoms with van der Waals surface area (Å²) in [7, 11) is 0. The number of benzene rings is 1. The standard InChI is InChI=1S/C11H10F2N2/c12-9-1-7(2-10(13)3-9)11(4-14)8-5-15-6-8/h1-3,8,11,15H,5-6H2. The van der Waals surface area contributed by atoms with Gasteiger partial charge in [-0.1, -0.05) is 0 Å². The topological polar surface area (TPSA) is 35.8 Å². The van der Waals surface area contributed by atoms with Crippen molar-refractivity contribution < 1.29 is 8.78 Å². The van der Waals surface area contributed by atoms with Crippen LogP contribution in [0.25, 0.3) is 0 Å². The molecule has 0 radical (unpaired) electrons. The summed E-state index contributed by atoms with van der Waals surface area (Å²) in [5.41, 5.74) is 0.432. The molecule has 0 aliphatic carbocycles. The lowest BCUT2D eigenvalue weighted by atomic mass is 9.83. The molecule has 0 spiro atoms. The fourth-order valence-corrected chi connectivity index (χ4v) is 1.75. The molecule has 0 aromatic heterocycles. The van der Waals surface area contributed by atoms with Crippen molar-refractivity contribution in [2.24, 2.45) is 5.92 Å². The first-order valence-corrected chi connectivity index (χ1v) is 4.77. The van der Waals surface area contributed by atoms with Crippen LogP contribution in [0.5, 0.6) is 0 Å². The Labute approximate surface area is 86.5 Å². The number of rotatable bonds is 2. The molecule has 1 fully saturated rings. The fourth-order valence-electron chi connectivity index (χ4n) is 1.75. The second-order valence-electron chi connectivity index (χ2n) is 3.73. The monoisotopic (exact) mass is 208 g/mol. The van der Waals surface area contributed by atoms with Gasteiger partial charge in [-0.25, -0.2) is 8.78 Å². The smallest absolute Gasteiger partial charge is 0.126 e. The van der Waals surface area contributed by atoms with E-state index in [0.29, 0.717) is 5.56 Å². The number of nitrogens with zero attached hydrogens (tertiary/aromatic N) is 1. The summed E-state index contributed by atoms with van der Waals surface area (Å²) in [5.74, 6) is -1.51. The van der Waals surface area contributed by atoms with Crippen LogP contribution in [0.3, 0.4) is 0 Å². The molecular formula is C11H10F2N2. The minimum absolute atomic E-state index is 0.163. The number of hydrogen-bond donors (Lipinski definition) is 1. The normalized spacial score (nSPS) is 17.9. The minimum Gasteiger partial charge on any atom is -0.316 e. The van der Waals surface area contributed by atoms with Gasteiger partial charge in [0.25, 0.3) is 0 Å². The van der Waals surface area contributed by atoms with E-state index in [0.717, 1.165) is 19.2 Å². The molecule has 15 heavy (non-hydrogen) atoms. The van der Waals surface area contributed by atoms with Crippen LogP contribution in [-0.4, -0.2) is 13.1 Å². The van der Waals surface area contributed by atoms with Gasteiger partial charge in [0.1, 0.15) is 11.6 Å². The van der Waals surface area contributed by atoms with Gasteiger partial charge in [0.2, 0.25) is 0 Å². The van der Waals surface area contributed by atoms with E-state index in [1.807, 2.05) is 0 Å². The molecular weight excluding hydrogens is 198 g/mol. The Morgan fingerprint density at radius 1 is 1.27 bits per heavy atom. The summed E-state index contributed by atoms with van der Waals surface area (Å²) in [6.07, 6.45) is 0. The molecule has 0 saturated carbocycles. The van der Waals surface area contributed by atoms with Gasteiger partial charge in [0.15, 0.2) is 0 Å². The highest BCUT2D eigenvalue weighted by Gasteiger charge is 2.28. The lowest BCUT2D eigenvalue weighted by Gasteiger charge is -2.31. The highest BCUT2D eigenvalue weighted by molar-refractivity contribution is 5.28. The third-order valence-corrected chi connectivity index (χ3v) is 2.67. The average Bonchev–Trinajstić information content (AvgIpc) is 2.08. The molecule has 1 aliphatic heterocycles. The molecule has 1 unspecified atom stereocenters. The van der Waals surface area contributed by atoms with Gasteiger partial charge in [0.05, 0.1) is 12.0 Å². The van der Waals surface area contributed by atoms with E-state index in [-0.39, 0.29) is 5.92 Å². The van der Waals surface area contributed by atoms with Gasteiger partial charge in [-0.2, -0.15) is 5.26 Å². The summed E-state index contributed by atoms with van der Waals surface area (Å²) in [5, 5.41) is 12.0. The summed E-state index contributed by atoms with van der Waals surface area (Å²) < 4.78 is 25.9. The zero-order valence-electron chi connectivity index (χ0n) is 8.00. The van der Waals surface area contributed by atoms with Crippen LogP contribution in [-0.2, 0) is 0 Å². The third kappa shape index (κ3) is 1.97. The van der Waals surface area contributed by atoms with E-state index < -0.39 is 17.6 Å². The van der Waals surface area contributed by atoms with Gasteiger partial charge >= 0.3 is 0 Å². The molecule has 0 amide bonds. The Hall–Kier alpha value is -1.47. The average molecular weight is 208 g/mol. The second-order valence-corrected chi connectivity index (χ2v) is 3.73. The van der Waals surface area contributed by atoms with Crippen LogP contribution in [0.4, 0.5) is 8.78 Å². The first-order valence-electron chi connectivity index (χ1n) is 4.77. The van der Waals surface area contributed by atoms with E-state index in [2.05, 4.69) is 11.4 Å². The van der Waals surface area contributed by atoms with Crippen LogP contribution in [0, 0.1) is 28.9 Å². The van der Waals surface area contributed by atoms with Crippen molar-refractivity contribution in [1.82, 2.24) is 5.32 Å². The van der Waals surface area contributed by atoms with Crippen molar-refractivity contribution in [1.29, 1.82) is 5.26 Å². The molecule has 1 aromatic rings. The van der Waals surface area contributed by atoms with Gasteiger partial charge in [-0.15, -0.1) is 0 Å². The van der Waals surface area contributed by atoms with Gasteiger partial charge in [-0.05, 0) is 17.7 Å². The zero-order valence-corrected chi connectivity index (χ0v) is 8.00. The van der Waals surface area contributed by atoms with Crippen molar-refractivity contribution in [2.75, 3.05) is 13.1 Å². The molecule has 2 nitrogen and oxygen atoms in total. The van der Waals surface area contributed by atoms with E-state index in [1.165, 1.54) is 12.1 Å². The highest BCUT2D eigenvalue weighted by Crippen LogP contribution is 2.27. The molecule has 1 aromatic carbocycles. The number of nitriles is 1. The van der Waals surface area contributed by atoms with E-state index in [4.69, 9.17) is 5.26 Å². The maximum atomic E-state index is 12.9. The van der Waals surface area contributed by atoms with E-state index in [1.54, 1.807) is 0 Å². The molecule has 1 aliphatic rings. The van der Waals surface area contributed by atoms with Crippen molar-refractivity contribution in [3.8, 4) is 6.07 Å². The minimum atomic E-state index is -0.627. The number of nitrogens with one attached hydrogen (secondary N) is 1. The predicted molar refractivity (Wildman–Crippen MR) is 51.1 cm³/mol. The van der Waals surface area contributed by atoms with Crippen molar-refractivity contribution in [3.63, 3.8) is 0 Å². The Morgan fingerprint density at radius 3 is 2.27 bits per heavy atom. The van der Waals surface area contributed by atoms with Gasteiger partial charge in [0, 0.05) is 25.1 Å². The molecule has 1 heterocycles. The highest BCUT2D eigenvalue weighted by atomic mass is 19.1. The fraction of sp³-hybridized carbons (Fsp3) is 0.364. The molecule has 78 valence electrons. The molecule has 2 rings (SSSR count). The number of halogens is 2. The lowest BCUT2D eigenvalue weighted by Crippen LogP contribution is -2.45. The first kappa shape index (κ1) is 10.1. The maximum Gasteiger partial charge on any atom is 0.126 e. The Morgan fingerprint density at radius 2 is 1.87 bits per heavy atom.